The van der Waals surface area contributed by atoms with E-state index >= 15 is 0 Å². The Bertz CT molecular complexity index is 453. The van der Waals surface area contributed by atoms with Crippen LogP contribution in [0.2, 0.25) is 0 Å². The summed E-state index contributed by atoms with van der Waals surface area (Å²) < 4.78 is 13.3. The van der Waals surface area contributed by atoms with Crippen molar-refractivity contribution in [1.82, 2.24) is 0 Å². The van der Waals surface area contributed by atoms with Gasteiger partial charge in [-0.2, -0.15) is 11.8 Å². The Hall–Kier alpha value is -1.03. The van der Waals surface area contributed by atoms with Gasteiger partial charge in [0.15, 0.2) is 5.78 Å². The highest BCUT2D eigenvalue weighted by Crippen LogP contribution is 2.31. The number of rotatable bonds is 2. The number of hydrogen-bond donors (Lipinski definition) is 0. The van der Waals surface area contributed by atoms with Gasteiger partial charge in [0.25, 0.3) is 0 Å². The number of nitrogens with zero attached hydrogens (tertiary/aromatic N) is 1. The molecule has 0 N–H and O–H groups in total. The summed E-state index contributed by atoms with van der Waals surface area (Å²) in [4.78, 5) is 13.8. The van der Waals surface area contributed by atoms with Crippen molar-refractivity contribution in [2.24, 2.45) is 0 Å². The molecule has 2 nitrogen and oxygen atoms in total. The Kier molecular flexibility index (Phi) is 3.95. The number of carbonyl (C=O) groups is 1. The smallest absolute Gasteiger partial charge is 0.161 e. The molecule has 1 aromatic rings. The summed E-state index contributed by atoms with van der Waals surface area (Å²) in [7, 11) is 0. The fourth-order valence-electron chi connectivity index (χ4n) is 2.44. The fourth-order valence-corrected chi connectivity index (χ4v) is 3.77. The Morgan fingerprint density at radius 3 is 2.50 bits per heavy atom. The monoisotopic (exact) mass is 267 g/mol. The van der Waals surface area contributed by atoms with Gasteiger partial charge in [0.1, 0.15) is 5.82 Å². The lowest BCUT2D eigenvalue weighted by molar-refractivity contribution is 0.101. The highest BCUT2D eigenvalue weighted by molar-refractivity contribution is 8.00. The number of benzene rings is 1. The lowest BCUT2D eigenvalue weighted by atomic mass is 10.1. The van der Waals surface area contributed by atoms with Crippen LogP contribution in [-0.4, -0.2) is 29.4 Å². The number of hydrogen-bond acceptors (Lipinski definition) is 3. The predicted octanol–water partition coefficient (Wildman–Crippen LogP) is 3.36. The van der Waals surface area contributed by atoms with Gasteiger partial charge in [-0.05, 0) is 25.1 Å². The number of thioether (sulfide) groups is 1. The molecule has 0 aromatic heterocycles. The largest absolute Gasteiger partial charge is 0.369 e. The van der Waals surface area contributed by atoms with Gasteiger partial charge in [0, 0.05) is 34.8 Å². The first-order chi connectivity index (χ1) is 8.47. The van der Waals surface area contributed by atoms with Crippen LogP contribution in [0.4, 0.5) is 10.1 Å². The maximum Gasteiger partial charge on any atom is 0.161 e. The molecule has 0 bridgehead atoms. The van der Waals surface area contributed by atoms with E-state index in [0.29, 0.717) is 16.1 Å². The highest BCUT2D eigenvalue weighted by atomic mass is 32.2. The van der Waals surface area contributed by atoms with Gasteiger partial charge in [0.05, 0.1) is 0 Å². The van der Waals surface area contributed by atoms with E-state index in [1.165, 1.54) is 19.1 Å². The third-order valence-electron chi connectivity index (χ3n) is 3.10. The fraction of sp³-hybridized carbons (Fsp3) is 0.500. The van der Waals surface area contributed by atoms with Gasteiger partial charge in [-0.3, -0.25) is 4.79 Å². The summed E-state index contributed by atoms with van der Waals surface area (Å²) in [5.74, 6) is -0.431. The van der Waals surface area contributed by atoms with E-state index in [0.717, 1.165) is 18.8 Å². The van der Waals surface area contributed by atoms with Crippen molar-refractivity contribution >= 4 is 23.2 Å². The van der Waals surface area contributed by atoms with E-state index in [1.807, 2.05) is 11.8 Å². The van der Waals surface area contributed by atoms with Crippen LogP contribution in [0, 0.1) is 5.82 Å². The molecule has 0 saturated carbocycles. The zero-order chi connectivity index (χ0) is 13.3. The molecule has 18 heavy (non-hydrogen) atoms. The molecular weight excluding hydrogens is 249 g/mol. The standard InChI is InChI=1S/C14H18FNOS/c1-9-7-16(8-10(2)18-9)14-5-4-12(15)6-13(14)11(3)17/h4-6,9-10H,7-8H2,1-3H3. The van der Waals surface area contributed by atoms with Gasteiger partial charge in [-0.25, -0.2) is 4.39 Å². The molecule has 1 saturated heterocycles. The molecule has 0 radical (unpaired) electrons. The molecule has 2 rings (SSSR count). The molecule has 0 aliphatic carbocycles. The summed E-state index contributed by atoms with van der Waals surface area (Å²) in [6, 6.07) is 4.50. The van der Waals surface area contributed by atoms with Crippen molar-refractivity contribution in [3.05, 3.63) is 29.6 Å². The third-order valence-corrected chi connectivity index (χ3v) is 4.33. The first kappa shape index (κ1) is 13.4. The normalized spacial score (nSPS) is 24.1. The van der Waals surface area contributed by atoms with Crippen LogP contribution in [0.3, 0.4) is 0 Å². The molecule has 2 atom stereocenters. The molecule has 0 spiro atoms. The van der Waals surface area contributed by atoms with Crippen molar-refractivity contribution < 1.29 is 9.18 Å². The van der Waals surface area contributed by atoms with E-state index in [-0.39, 0.29) is 11.6 Å². The average molecular weight is 267 g/mol. The second kappa shape index (κ2) is 5.31. The third kappa shape index (κ3) is 2.86. The number of halogens is 1. The molecule has 1 aromatic carbocycles. The quantitative estimate of drug-likeness (QED) is 0.766. The lowest BCUT2D eigenvalue weighted by Gasteiger charge is -2.37. The molecule has 4 heteroatoms. The molecule has 1 heterocycles. The van der Waals surface area contributed by atoms with Crippen LogP contribution >= 0.6 is 11.8 Å². The van der Waals surface area contributed by atoms with E-state index in [4.69, 9.17) is 0 Å². The Morgan fingerprint density at radius 2 is 1.94 bits per heavy atom. The minimum Gasteiger partial charge on any atom is -0.369 e. The summed E-state index contributed by atoms with van der Waals surface area (Å²) in [5.41, 5.74) is 1.35. The van der Waals surface area contributed by atoms with Gasteiger partial charge in [-0.15, -0.1) is 0 Å². The zero-order valence-corrected chi connectivity index (χ0v) is 11.8. The van der Waals surface area contributed by atoms with Crippen molar-refractivity contribution in [2.75, 3.05) is 18.0 Å². The topological polar surface area (TPSA) is 20.3 Å². The summed E-state index contributed by atoms with van der Waals surface area (Å²) in [5, 5.41) is 1.05. The summed E-state index contributed by atoms with van der Waals surface area (Å²) >= 11 is 1.96. The SMILES string of the molecule is CC(=O)c1cc(F)ccc1N1CC(C)SC(C)C1. The van der Waals surface area contributed by atoms with E-state index in [1.54, 1.807) is 6.07 Å². The van der Waals surface area contributed by atoms with E-state index < -0.39 is 0 Å². The number of Topliss-reactive ketones (excluding diaryl/α,β-unsaturated/α-hetero) is 1. The molecule has 1 fully saturated rings. The Balaban J connectivity index is 2.35. The van der Waals surface area contributed by atoms with Crippen LogP contribution in [-0.2, 0) is 0 Å². The Morgan fingerprint density at radius 1 is 1.33 bits per heavy atom. The predicted molar refractivity (Wildman–Crippen MR) is 75.1 cm³/mol. The van der Waals surface area contributed by atoms with Crippen LogP contribution < -0.4 is 4.90 Å². The van der Waals surface area contributed by atoms with Crippen LogP contribution in [0.1, 0.15) is 31.1 Å². The van der Waals surface area contributed by atoms with Gasteiger partial charge < -0.3 is 4.90 Å². The summed E-state index contributed by atoms with van der Waals surface area (Å²) in [6.45, 7) is 7.67. The Labute approximate surface area is 112 Å². The number of ketones is 1. The van der Waals surface area contributed by atoms with Crippen molar-refractivity contribution in [3.63, 3.8) is 0 Å². The molecule has 1 aliphatic heterocycles. The van der Waals surface area contributed by atoms with Crippen LogP contribution in [0.25, 0.3) is 0 Å². The molecular formula is C14H18FNOS. The van der Waals surface area contributed by atoms with Crippen LogP contribution in [0.15, 0.2) is 18.2 Å². The highest BCUT2D eigenvalue weighted by Gasteiger charge is 2.24. The van der Waals surface area contributed by atoms with Crippen molar-refractivity contribution in [1.29, 1.82) is 0 Å². The molecule has 2 unspecified atom stereocenters. The van der Waals surface area contributed by atoms with Crippen LogP contribution in [0.5, 0.6) is 0 Å². The van der Waals surface area contributed by atoms with Crippen molar-refractivity contribution in [2.45, 2.75) is 31.3 Å². The first-order valence-corrected chi connectivity index (χ1v) is 7.12. The van der Waals surface area contributed by atoms with Gasteiger partial charge in [0.2, 0.25) is 0 Å². The second-order valence-electron chi connectivity index (χ2n) is 4.88. The number of carbonyl (C=O) groups excluding carboxylic acids is 1. The second-order valence-corrected chi connectivity index (χ2v) is 6.76. The van der Waals surface area contributed by atoms with Crippen molar-refractivity contribution in [3.8, 4) is 0 Å². The molecule has 1 aliphatic rings. The van der Waals surface area contributed by atoms with Gasteiger partial charge >= 0.3 is 0 Å². The van der Waals surface area contributed by atoms with E-state index in [9.17, 15) is 9.18 Å². The molecule has 0 amide bonds. The first-order valence-electron chi connectivity index (χ1n) is 6.18. The minimum absolute atomic E-state index is 0.0805. The number of anilines is 1. The zero-order valence-electron chi connectivity index (χ0n) is 10.9. The molecule has 98 valence electrons. The maximum absolute atomic E-state index is 13.3. The lowest BCUT2D eigenvalue weighted by Crippen LogP contribution is -2.41. The minimum atomic E-state index is -0.351. The average Bonchev–Trinajstić information content (AvgIpc) is 2.27. The van der Waals surface area contributed by atoms with E-state index in [2.05, 4.69) is 18.7 Å². The van der Waals surface area contributed by atoms with Gasteiger partial charge in [-0.1, -0.05) is 13.8 Å². The maximum atomic E-state index is 13.3. The summed E-state index contributed by atoms with van der Waals surface area (Å²) in [6.07, 6.45) is 0.